The van der Waals surface area contributed by atoms with Crippen molar-refractivity contribution in [2.75, 3.05) is 32.5 Å². The van der Waals surface area contributed by atoms with E-state index in [0.29, 0.717) is 10.8 Å². The minimum absolute atomic E-state index is 0.289. The zero-order chi connectivity index (χ0) is 13.5. The molecule has 0 radical (unpaired) electrons. The number of hydrogen-bond donors (Lipinski definition) is 3. The van der Waals surface area contributed by atoms with Gasteiger partial charge in [0.2, 0.25) is 0 Å². The number of hydrogen-bond acceptors (Lipinski definition) is 1. The van der Waals surface area contributed by atoms with Gasteiger partial charge in [0.25, 0.3) is 0 Å². The lowest BCUT2D eigenvalue weighted by atomic mass is 10.2. The third kappa shape index (κ3) is 5.42. The van der Waals surface area contributed by atoms with Gasteiger partial charge in [-0.15, -0.1) is 0 Å². The van der Waals surface area contributed by atoms with Crippen molar-refractivity contribution in [1.29, 1.82) is 0 Å². The Kier molecular flexibility index (Phi) is 6.01. The molecular weight excluding hydrogens is 249 g/mol. The van der Waals surface area contributed by atoms with Crippen LogP contribution in [0.15, 0.2) is 18.2 Å². The summed E-state index contributed by atoms with van der Waals surface area (Å²) in [6, 6.07) is 4.92. The molecular formula is C13H21FN3S+. The van der Waals surface area contributed by atoms with Gasteiger partial charge < -0.3 is 15.5 Å². The van der Waals surface area contributed by atoms with Gasteiger partial charge in [0.15, 0.2) is 5.11 Å². The second-order valence-corrected chi connectivity index (χ2v) is 5.08. The van der Waals surface area contributed by atoms with Crippen LogP contribution in [0.4, 0.5) is 10.1 Å². The molecule has 0 atom stereocenters. The first-order valence-corrected chi connectivity index (χ1v) is 6.50. The van der Waals surface area contributed by atoms with Gasteiger partial charge in [-0.1, -0.05) is 6.07 Å². The lowest BCUT2D eigenvalue weighted by molar-refractivity contribution is -0.858. The lowest BCUT2D eigenvalue weighted by Gasteiger charge is -2.12. The number of halogens is 1. The molecule has 0 aliphatic heterocycles. The fourth-order valence-electron chi connectivity index (χ4n) is 1.55. The average molecular weight is 270 g/mol. The van der Waals surface area contributed by atoms with E-state index < -0.39 is 0 Å². The second kappa shape index (κ2) is 7.28. The van der Waals surface area contributed by atoms with Crippen molar-refractivity contribution >= 4 is 23.0 Å². The van der Waals surface area contributed by atoms with Crippen LogP contribution < -0.4 is 15.5 Å². The highest BCUT2D eigenvalue weighted by molar-refractivity contribution is 7.80. The molecule has 0 amide bonds. The second-order valence-electron chi connectivity index (χ2n) is 4.67. The van der Waals surface area contributed by atoms with E-state index in [1.54, 1.807) is 12.1 Å². The molecule has 0 saturated carbocycles. The third-order valence-corrected chi connectivity index (χ3v) is 2.76. The van der Waals surface area contributed by atoms with Crippen molar-refractivity contribution in [3.05, 3.63) is 29.6 Å². The Balaban J connectivity index is 2.38. The van der Waals surface area contributed by atoms with Crippen LogP contribution in [0.5, 0.6) is 0 Å². The summed E-state index contributed by atoms with van der Waals surface area (Å²) < 4.78 is 13.5. The van der Waals surface area contributed by atoms with E-state index >= 15 is 0 Å². The van der Waals surface area contributed by atoms with Crippen molar-refractivity contribution in [1.82, 2.24) is 5.32 Å². The van der Waals surface area contributed by atoms with Crippen molar-refractivity contribution in [2.45, 2.75) is 13.3 Å². The molecule has 1 rings (SSSR count). The van der Waals surface area contributed by atoms with Gasteiger partial charge in [-0.25, -0.2) is 4.39 Å². The van der Waals surface area contributed by atoms with Crippen LogP contribution in [-0.4, -0.2) is 32.3 Å². The summed E-state index contributed by atoms with van der Waals surface area (Å²) in [6.45, 7) is 3.79. The first kappa shape index (κ1) is 14.9. The van der Waals surface area contributed by atoms with Gasteiger partial charge in [0.05, 0.1) is 26.3 Å². The molecule has 0 spiro atoms. The predicted octanol–water partition coefficient (Wildman–Crippen LogP) is 0.955. The first-order valence-electron chi connectivity index (χ1n) is 6.09. The molecule has 1 aromatic rings. The molecule has 0 unspecified atom stereocenters. The monoisotopic (exact) mass is 270 g/mol. The quantitative estimate of drug-likeness (QED) is 0.550. The summed E-state index contributed by atoms with van der Waals surface area (Å²) in [5, 5.41) is 6.42. The van der Waals surface area contributed by atoms with Crippen molar-refractivity contribution in [3.8, 4) is 0 Å². The summed E-state index contributed by atoms with van der Waals surface area (Å²) >= 11 is 5.12. The Morgan fingerprint density at radius 3 is 2.78 bits per heavy atom. The Labute approximate surface area is 113 Å². The minimum atomic E-state index is -0.289. The van der Waals surface area contributed by atoms with Gasteiger partial charge in [0, 0.05) is 13.0 Å². The van der Waals surface area contributed by atoms with E-state index in [9.17, 15) is 4.39 Å². The summed E-state index contributed by atoms with van der Waals surface area (Å²) in [4.78, 5) is 1.40. The van der Waals surface area contributed by atoms with Crippen molar-refractivity contribution < 1.29 is 9.29 Å². The standard InChI is InChI=1S/C13H20FN3S/c1-10-5-6-11(14)12(9-10)16-13(18)15-7-4-8-17(2)3/h5-6,9H,4,7-8H2,1-3H3,(H2,15,16,18)/p+1. The van der Waals surface area contributed by atoms with Crippen LogP contribution in [0.1, 0.15) is 12.0 Å². The Morgan fingerprint density at radius 1 is 1.39 bits per heavy atom. The summed E-state index contributed by atoms with van der Waals surface area (Å²) in [7, 11) is 4.22. The van der Waals surface area contributed by atoms with Crippen molar-refractivity contribution in [2.24, 2.45) is 0 Å². The maximum absolute atomic E-state index is 13.5. The first-order chi connectivity index (χ1) is 8.49. The highest BCUT2D eigenvalue weighted by atomic mass is 32.1. The number of benzene rings is 1. The topological polar surface area (TPSA) is 28.5 Å². The third-order valence-electron chi connectivity index (χ3n) is 2.51. The molecule has 0 fully saturated rings. The average Bonchev–Trinajstić information content (AvgIpc) is 2.29. The highest BCUT2D eigenvalue weighted by Gasteiger charge is 2.04. The van der Waals surface area contributed by atoms with Crippen LogP contribution in [0.2, 0.25) is 0 Å². The molecule has 3 nitrogen and oxygen atoms in total. The fourth-order valence-corrected chi connectivity index (χ4v) is 1.76. The number of quaternary nitrogens is 1. The molecule has 1 aromatic carbocycles. The molecule has 0 aliphatic rings. The number of nitrogens with one attached hydrogen (secondary N) is 3. The summed E-state index contributed by atoms with van der Waals surface area (Å²) in [5.74, 6) is -0.289. The van der Waals surface area contributed by atoms with Crippen LogP contribution >= 0.6 is 12.2 Å². The lowest BCUT2D eigenvalue weighted by Crippen LogP contribution is -3.05. The predicted molar refractivity (Wildman–Crippen MR) is 77.7 cm³/mol. The molecule has 0 aromatic heterocycles. The number of thiocarbonyl (C=S) groups is 1. The van der Waals surface area contributed by atoms with Crippen LogP contribution in [0.25, 0.3) is 0 Å². The maximum atomic E-state index is 13.5. The molecule has 18 heavy (non-hydrogen) atoms. The molecule has 3 N–H and O–H groups in total. The molecule has 0 heterocycles. The minimum Gasteiger partial charge on any atom is -0.362 e. The normalized spacial score (nSPS) is 10.5. The maximum Gasteiger partial charge on any atom is 0.170 e. The van der Waals surface area contributed by atoms with Gasteiger partial charge in [-0.3, -0.25) is 0 Å². The van der Waals surface area contributed by atoms with Crippen LogP contribution in [0.3, 0.4) is 0 Å². The zero-order valence-electron chi connectivity index (χ0n) is 11.1. The van der Waals surface area contributed by atoms with E-state index in [1.807, 2.05) is 6.92 Å². The smallest absolute Gasteiger partial charge is 0.170 e. The van der Waals surface area contributed by atoms with Gasteiger partial charge in [-0.2, -0.15) is 0 Å². The Bertz CT molecular complexity index is 407. The summed E-state index contributed by atoms with van der Waals surface area (Å²) in [5.41, 5.74) is 1.42. The summed E-state index contributed by atoms with van der Waals surface area (Å²) in [6.07, 6.45) is 1.03. The number of rotatable bonds is 5. The number of anilines is 1. The van der Waals surface area contributed by atoms with E-state index in [0.717, 1.165) is 25.1 Å². The highest BCUT2D eigenvalue weighted by Crippen LogP contribution is 2.15. The van der Waals surface area contributed by atoms with E-state index in [-0.39, 0.29) is 5.82 Å². The molecule has 5 heteroatoms. The molecule has 100 valence electrons. The van der Waals surface area contributed by atoms with E-state index in [2.05, 4.69) is 24.7 Å². The SMILES string of the molecule is Cc1ccc(F)c(NC(=S)NCCC[NH+](C)C)c1. The van der Waals surface area contributed by atoms with E-state index in [4.69, 9.17) is 12.2 Å². The molecule has 0 saturated heterocycles. The number of aryl methyl sites for hydroxylation is 1. The van der Waals surface area contributed by atoms with E-state index in [1.165, 1.54) is 11.0 Å². The zero-order valence-corrected chi connectivity index (χ0v) is 12.0. The molecule has 0 aliphatic carbocycles. The van der Waals surface area contributed by atoms with Gasteiger partial charge in [0.1, 0.15) is 5.82 Å². The van der Waals surface area contributed by atoms with Crippen LogP contribution in [0, 0.1) is 12.7 Å². The Morgan fingerprint density at radius 2 is 2.11 bits per heavy atom. The Hall–Kier alpha value is -1.20. The van der Waals surface area contributed by atoms with Gasteiger partial charge >= 0.3 is 0 Å². The molecule has 0 bridgehead atoms. The van der Waals surface area contributed by atoms with Crippen LogP contribution in [-0.2, 0) is 0 Å². The largest absolute Gasteiger partial charge is 0.362 e. The fraction of sp³-hybridized carbons (Fsp3) is 0.462. The van der Waals surface area contributed by atoms with Gasteiger partial charge in [-0.05, 0) is 36.8 Å². The van der Waals surface area contributed by atoms with Crippen molar-refractivity contribution in [3.63, 3.8) is 0 Å².